The van der Waals surface area contributed by atoms with Gasteiger partial charge in [-0.3, -0.25) is 0 Å². The summed E-state index contributed by atoms with van der Waals surface area (Å²) in [5, 5.41) is 9.12. The Morgan fingerprint density at radius 3 is 2.78 bits per heavy atom. The van der Waals surface area contributed by atoms with E-state index in [9.17, 15) is 9.18 Å². The molecule has 0 aromatic heterocycles. The second-order valence-electron chi connectivity index (χ2n) is 4.82. The van der Waals surface area contributed by atoms with E-state index in [0.29, 0.717) is 11.7 Å². The number of likely N-dealkylation sites (N-methyl/N-ethyl adjacent to an activating group) is 1. The molecule has 1 aliphatic rings. The molecule has 0 amide bonds. The van der Waals surface area contributed by atoms with Crippen molar-refractivity contribution in [2.45, 2.75) is 12.5 Å². The molecule has 1 heterocycles. The summed E-state index contributed by atoms with van der Waals surface area (Å²) < 4.78 is 13.1. The van der Waals surface area contributed by atoms with E-state index >= 15 is 0 Å². The predicted octanol–water partition coefficient (Wildman–Crippen LogP) is 1.66. The van der Waals surface area contributed by atoms with Gasteiger partial charge in [0.2, 0.25) is 0 Å². The van der Waals surface area contributed by atoms with E-state index in [1.807, 2.05) is 19.0 Å². The van der Waals surface area contributed by atoms with Gasteiger partial charge in [-0.15, -0.1) is 0 Å². The number of halogens is 1. The third-order valence-electron chi connectivity index (χ3n) is 3.42. The number of hydrogen-bond acceptors (Lipinski definition) is 3. The van der Waals surface area contributed by atoms with Crippen LogP contribution in [-0.2, 0) is 0 Å². The Hall–Kier alpha value is -1.62. The molecule has 0 bridgehead atoms. The second kappa shape index (κ2) is 4.94. The van der Waals surface area contributed by atoms with Crippen molar-refractivity contribution >= 4 is 11.7 Å². The Kier molecular flexibility index (Phi) is 3.52. The van der Waals surface area contributed by atoms with Gasteiger partial charge in [0.25, 0.3) is 0 Å². The highest BCUT2D eigenvalue weighted by molar-refractivity contribution is 5.94. The first kappa shape index (κ1) is 12.8. The van der Waals surface area contributed by atoms with Gasteiger partial charge in [0.15, 0.2) is 0 Å². The third kappa shape index (κ3) is 2.46. The maximum Gasteiger partial charge on any atom is 0.337 e. The number of aromatic carboxylic acids is 1. The Labute approximate surface area is 106 Å². The Balaban J connectivity index is 2.27. The van der Waals surface area contributed by atoms with Crippen LogP contribution in [0.15, 0.2) is 18.2 Å². The lowest BCUT2D eigenvalue weighted by Crippen LogP contribution is -2.32. The number of carbonyl (C=O) groups is 1. The van der Waals surface area contributed by atoms with E-state index < -0.39 is 11.8 Å². The molecule has 18 heavy (non-hydrogen) atoms. The number of carboxylic acid groups (broad SMARTS) is 1. The van der Waals surface area contributed by atoms with Gasteiger partial charge in [0.05, 0.1) is 11.3 Å². The molecule has 1 saturated heterocycles. The first-order valence-electron chi connectivity index (χ1n) is 5.93. The lowest BCUT2D eigenvalue weighted by atomic mass is 10.1. The van der Waals surface area contributed by atoms with Crippen molar-refractivity contribution < 1.29 is 14.3 Å². The zero-order chi connectivity index (χ0) is 13.3. The van der Waals surface area contributed by atoms with Crippen LogP contribution in [0.1, 0.15) is 16.8 Å². The van der Waals surface area contributed by atoms with Crippen molar-refractivity contribution in [2.75, 3.05) is 32.1 Å². The van der Waals surface area contributed by atoms with Crippen LogP contribution >= 0.6 is 0 Å². The normalized spacial score (nSPS) is 19.6. The molecule has 2 rings (SSSR count). The molecule has 0 aliphatic carbocycles. The minimum absolute atomic E-state index is 0.0365. The number of nitrogens with zero attached hydrogens (tertiary/aromatic N) is 2. The van der Waals surface area contributed by atoms with Crippen molar-refractivity contribution in [1.82, 2.24) is 4.90 Å². The predicted molar refractivity (Wildman–Crippen MR) is 67.7 cm³/mol. The maximum atomic E-state index is 13.1. The quantitative estimate of drug-likeness (QED) is 0.888. The minimum atomic E-state index is -1.09. The van der Waals surface area contributed by atoms with Crippen LogP contribution in [0.25, 0.3) is 0 Å². The molecule has 98 valence electrons. The van der Waals surface area contributed by atoms with Gasteiger partial charge in [-0.25, -0.2) is 9.18 Å². The second-order valence-corrected chi connectivity index (χ2v) is 4.82. The van der Waals surface area contributed by atoms with E-state index in [0.717, 1.165) is 25.6 Å². The molecule has 1 fully saturated rings. The summed E-state index contributed by atoms with van der Waals surface area (Å²) in [6, 6.07) is 4.36. The van der Waals surface area contributed by atoms with E-state index in [1.54, 1.807) is 6.07 Å². The standard InChI is InChI=1S/C13H17FN2O2/c1-15(2)10-5-6-16(8-10)12-4-3-9(14)7-11(12)13(17)18/h3-4,7,10H,5-6,8H2,1-2H3,(H,17,18). The zero-order valence-corrected chi connectivity index (χ0v) is 10.6. The highest BCUT2D eigenvalue weighted by Crippen LogP contribution is 2.26. The molecule has 0 saturated carbocycles. The van der Waals surface area contributed by atoms with Crippen LogP contribution in [0.3, 0.4) is 0 Å². The first-order valence-corrected chi connectivity index (χ1v) is 5.93. The Bertz CT molecular complexity index is 462. The van der Waals surface area contributed by atoms with Crippen molar-refractivity contribution in [2.24, 2.45) is 0 Å². The molecule has 1 aliphatic heterocycles. The van der Waals surface area contributed by atoms with Crippen LogP contribution in [-0.4, -0.2) is 49.2 Å². The average molecular weight is 252 g/mol. The van der Waals surface area contributed by atoms with Gasteiger partial charge in [-0.2, -0.15) is 0 Å². The van der Waals surface area contributed by atoms with Gasteiger partial charge in [0, 0.05) is 19.1 Å². The summed E-state index contributed by atoms with van der Waals surface area (Å²) in [6.45, 7) is 1.58. The first-order chi connectivity index (χ1) is 8.49. The fraction of sp³-hybridized carbons (Fsp3) is 0.462. The van der Waals surface area contributed by atoms with Crippen LogP contribution in [0.4, 0.5) is 10.1 Å². The number of benzene rings is 1. The van der Waals surface area contributed by atoms with Crippen LogP contribution in [0.5, 0.6) is 0 Å². The van der Waals surface area contributed by atoms with E-state index in [4.69, 9.17) is 5.11 Å². The van der Waals surface area contributed by atoms with Crippen LogP contribution in [0.2, 0.25) is 0 Å². The lowest BCUT2D eigenvalue weighted by molar-refractivity contribution is 0.0697. The molecular formula is C13H17FN2O2. The fourth-order valence-corrected chi connectivity index (χ4v) is 2.34. The largest absolute Gasteiger partial charge is 0.478 e. The number of anilines is 1. The molecule has 1 unspecified atom stereocenters. The van der Waals surface area contributed by atoms with Crippen LogP contribution < -0.4 is 4.90 Å². The molecule has 4 nitrogen and oxygen atoms in total. The zero-order valence-electron chi connectivity index (χ0n) is 10.6. The molecule has 1 aromatic carbocycles. The number of rotatable bonds is 3. The monoisotopic (exact) mass is 252 g/mol. The van der Waals surface area contributed by atoms with Crippen molar-refractivity contribution in [1.29, 1.82) is 0 Å². The summed E-state index contributed by atoms with van der Waals surface area (Å²) in [4.78, 5) is 15.3. The highest BCUT2D eigenvalue weighted by atomic mass is 19.1. The highest BCUT2D eigenvalue weighted by Gasteiger charge is 2.26. The molecule has 5 heteroatoms. The smallest absolute Gasteiger partial charge is 0.337 e. The molecule has 1 atom stereocenters. The van der Waals surface area contributed by atoms with Crippen molar-refractivity contribution in [3.8, 4) is 0 Å². The topological polar surface area (TPSA) is 43.8 Å². The third-order valence-corrected chi connectivity index (χ3v) is 3.42. The molecular weight excluding hydrogens is 235 g/mol. The molecule has 1 aromatic rings. The van der Waals surface area contributed by atoms with Crippen molar-refractivity contribution in [3.05, 3.63) is 29.6 Å². The van der Waals surface area contributed by atoms with Gasteiger partial charge in [-0.1, -0.05) is 0 Å². The van der Waals surface area contributed by atoms with Gasteiger partial charge >= 0.3 is 5.97 Å². The fourth-order valence-electron chi connectivity index (χ4n) is 2.34. The van der Waals surface area contributed by atoms with Gasteiger partial charge in [-0.05, 0) is 38.7 Å². The molecule has 0 radical (unpaired) electrons. The number of hydrogen-bond donors (Lipinski definition) is 1. The van der Waals surface area contributed by atoms with Crippen LogP contribution in [0, 0.1) is 5.82 Å². The summed E-state index contributed by atoms with van der Waals surface area (Å²) >= 11 is 0. The van der Waals surface area contributed by atoms with E-state index in [-0.39, 0.29) is 5.56 Å². The summed E-state index contributed by atoms with van der Waals surface area (Å²) in [5.74, 6) is -1.60. The maximum absolute atomic E-state index is 13.1. The van der Waals surface area contributed by atoms with Gasteiger partial charge in [0.1, 0.15) is 5.82 Å². The lowest BCUT2D eigenvalue weighted by Gasteiger charge is -2.23. The van der Waals surface area contributed by atoms with Gasteiger partial charge < -0.3 is 14.9 Å². The SMILES string of the molecule is CN(C)C1CCN(c2ccc(F)cc2C(=O)O)C1. The van der Waals surface area contributed by atoms with Crippen molar-refractivity contribution in [3.63, 3.8) is 0 Å². The van der Waals surface area contributed by atoms with E-state index in [1.165, 1.54) is 6.07 Å². The summed E-state index contributed by atoms with van der Waals surface area (Å²) in [7, 11) is 4.02. The minimum Gasteiger partial charge on any atom is -0.478 e. The summed E-state index contributed by atoms with van der Waals surface area (Å²) in [5.41, 5.74) is 0.641. The number of carboxylic acids is 1. The molecule has 0 spiro atoms. The Morgan fingerprint density at radius 2 is 2.22 bits per heavy atom. The summed E-state index contributed by atoms with van der Waals surface area (Å²) in [6.07, 6.45) is 0.990. The molecule has 1 N–H and O–H groups in total. The Morgan fingerprint density at radius 1 is 1.50 bits per heavy atom. The average Bonchev–Trinajstić information content (AvgIpc) is 2.78. The van der Waals surface area contributed by atoms with E-state index in [2.05, 4.69) is 4.90 Å².